The summed E-state index contributed by atoms with van der Waals surface area (Å²) >= 11 is 1.31. The molecule has 0 aromatic carbocycles. The number of carboxylic acid groups (broad SMARTS) is 1. The molecule has 3 rings (SSSR count). The van der Waals surface area contributed by atoms with Crippen molar-refractivity contribution in [1.29, 1.82) is 0 Å². The van der Waals surface area contributed by atoms with Gasteiger partial charge in [0, 0.05) is 12.4 Å². The van der Waals surface area contributed by atoms with Crippen LogP contribution in [0.25, 0.3) is 10.2 Å². The normalized spacial score (nSPS) is 12.1. The lowest BCUT2D eigenvalue weighted by atomic mass is 10.2. The van der Waals surface area contributed by atoms with Gasteiger partial charge in [0.1, 0.15) is 16.6 Å². The summed E-state index contributed by atoms with van der Waals surface area (Å²) in [6.45, 7) is 3.47. The fourth-order valence-electron chi connectivity index (χ4n) is 2.57. The molecule has 3 aromatic rings. The number of amides is 2. The maximum atomic E-state index is 12.4. The highest BCUT2D eigenvalue weighted by Gasteiger charge is 2.20. The SMILES string of the molecule is Cc1nn(C)c2sc(C(=O)NC(C)C(=O)NCc3ccc(C(=O)O)o3)cc12. The number of carbonyl (C=O) groups is 3. The predicted octanol–water partition coefficient (Wildman–Crippen LogP) is 1.67. The number of nitrogens with one attached hydrogen (secondary N) is 2. The maximum absolute atomic E-state index is 12.4. The van der Waals surface area contributed by atoms with Gasteiger partial charge in [-0.15, -0.1) is 11.3 Å². The van der Waals surface area contributed by atoms with Crippen molar-refractivity contribution < 1.29 is 23.9 Å². The lowest BCUT2D eigenvalue weighted by molar-refractivity contribution is -0.122. The van der Waals surface area contributed by atoms with Crippen molar-refractivity contribution in [3.8, 4) is 0 Å². The Morgan fingerprint density at radius 1 is 1.37 bits per heavy atom. The summed E-state index contributed by atoms with van der Waals surface area (Å²) in [5.41, 5.74) is 0.841. The largest absolute Gasteiger partial charge is 0.475 e. The Morgan fingerprint density at radius 2 is 2.11 bits per heavy atom. The molecule has 0 saturated heterocycles. The third-order valence-corrected chi connectivity index (χ3v) is 5.17. The van der Waals surface area contributed by atoms with Crippen molar-refractivity contribution in [3.63, 3.8) is 0 Å². The van der Waals surface area contributed by atoms with Gasteiger partial charge in [-0.2, -0.15) is 5.10 Å². The molecule has 2 amide bonds. The molecule has 3 aromatic heterocycles. The van der Waals surface area contributed by atoms with E-state index in [1.165, 1.54) is 23.5 Å². The summed E-state index contributed by atoms with van der Waals surface area (Å²) in [7, 11) is 1.81. The zero-order valence-corrected chi connectivity index (χ0v) is 15.7. The van der Waals surface area contributed by atoms with Crippen LogP contribution in [-0.4, -0.2) is 38.7 Å². The first-order valence-electron chi connectivity index (χ1n) is 8.10. The average Bonchev–Trinajstić information content (AvgIpc) is 3.31. The maximum Gasteiger partial charge on any atom is 0.371 e. The molecule has 142 valence electrons. The summed E-state index contributed by atoms with van der Waals surface area (Å²) in [6.07, 6.45) is 0. The van der Waals surface area contributed by atoms with Crippen molar-refractivity contribution in [1.82, 2.24) is 20.4 Å². The molecule has 0 saturated carbocycles. The molecule has 0 radical (unpaired) electrons. The molecule has 0 aliphatic heterocycles. The van der Waals surface area contributed by atoms with Gasteiger partial charge in [-0.1, -0.05) is 0 Å². The lowest BCUT2D eigenvalue weighted by Gasteiger charge is -2.12. The summed E-state index contributed by atoms with van der Waals surface area (Å²) in [5, 5.41) is 19.3. The van der Waals surface area contributed by atoms with Crippen LogP contribution in [0.4, 0.5) is 0 Å². The van der Waals surface area contributed by atoms with Crippen LogP contribution < -0.4 is 10.6 Å². The fourth-order valence-corrected chi connectivity index (χ4v) is 3.59. The van der Waals surface area contributed by atoms with Crippen LogP contribution in [0, 0.1) is 6.92 Å². The van der Waals surface area contributed by atoms with E-state index < -0.39 is 17.9 Å². The number of aromatic carboxylic acids is 1. The standard InChI is InChI=1S/C17H18N4O5S/c1-8-11-6-13(27-16(11)21(3)20-8)15(23)19-9(2)14(22)18-7-10-4-5-12(26-10)17(24)25/h4-6,9H,7H2,1-3H3,(H,18,22)(H,19,23)(H,24,25). The van der Waals surface area contributed by atoms with E-state index in [1.807, 2.05) is 14.0 Å². The second kappa shape index (κ2) is 7.23. The molecule has 3 heterocycles. The highest BCUT2D eigenvalue weighted by Crippen LogP contribution is 2.27. The van der Waals surface area contributed by atoms with Crippen LogP contribution in [-0.2, 0) is 18.4 Å². The van der Waals surface area contributed by atoms with Gasteiger partial charge in [0.15, 0.2) is 0 Å². The van der Waals surface area contributed by atoms with Crippen LogP contribution in [0.1, 0.15) is 38.6 Å². The summed E-state index contributed by atoms with van der Waals surface area (Å²) < 4.78 is 6.78. The van der Waals surface area contributed by atoms with Crippen molar-refractivity contribution in [2.45, 2.75) is 26.4 Å². The summed E-state index contributed by atoms with van der Waals surface area (Å²) in [4.78, 5) is 36.7. The van der Waals surface area contributed by atoms with Gasteiger partial charge < -0.3 is 20.2 Å². The van der Waals surface area contributed by atoms with Crippen molar-refractivity contribution >= 4 is 39.3 Å². The molecule has 0 fully saturated rings. The fraction of sp³-hybridized carbons (Fsp3) is 0.294. The number of fused-ring (bicyclic) bond motifs is 1. The number of hydrogen-bond acceptors (Lipinski definition) is 6. The quantitative estimate of drug-likeness (QED) is 0.588. The molecule has 1 atom stereocenters. The van der Waals surface area contributed by atoms with Gasteiger partial charge >= 0.3 is 5.97 Å². The topological polar surface area (TPSA) is 126 Å². The zero-order valence-electron chi connectivity index (χ0n) is 14.9. The smallest absolute Gasteiger partial charge is 0.371 e. The van der Waals surface area contributed by atoms with Gasteiger partial charge in [-0.3, -0.25) is 14.3 Å². The Morgan fingerprint density at radius 3 is 2.74 bits per heavy atom. The molecule has 0 bridgehead atoms. The Balaban J connectivity index is 1.58. The lowest BCUT2D eigenvalue weighted by Crippen LogP contribution is -2.44. The van der Waals surface area contributed by atoms with E-state index in [4.69, 9.17) is 9.52 Å². The molecule has 3 N–H and O–H groups in total. The molecule has 0 aliphatic carbocycles. The first-order valence-corrected chi connectivity index (χ1v) is 8.91. The van der Waals surface area contributed by atoms with Gasteiger partial charge in [0.05, 0.1) is 17.1 Å². The highest BCUT2D eigenvalue weighted by molar-refractivity contribution is 7.20. The highest BCUT2D eigenvalue weighted by atomic mass is 32.1. The van der Waals surface area contributed by atoms with Crippen molar-refractivity contribution in [3.05, 3.63) is 40.3 Å². The molecule has 0 spiro atoms. The number of furan rings is 1. The van der Waals surface area contributed by atoms with Gasteiger partial charge in [0.25, 0.3) is 5.91 Å². The second-order valence-electron chi connectivity index (χ2n) is 6.02. The van der Waals surface area contributed by atoms with Gasteiger partial charge in [-0.05, 0) is 32.0 Å². The van der Waals surface area contributed by atoms with E-state index in [0.29, 0.717) is 10.6 Å². The van der Waals surface area contributed by atoms with Gasteiger partial charge in [0.2, 0.25) is 11.7 Å². The number of aryl methyl sites for hydroxylation is 2. The number of nitrogens with zero attached hydrogens (tertiary/aromatic N) is 2. The third kappa shape index (κ3) is 3.85. The Hall–Kier alpha value is -3.14. The number of aromatic nitrogens is 2. The first kappa shape index (κ1) is 18.6. The second-order valence-corrected chi connectivity index (χ2v) is 7.05. The van der Waals surface area contributed by atoms with E-state index in [9.17, 15) is 14.4 Å². The Kier molecular flexibility index (Phi) is 5.00. The van der Waals surface area contributed by atoms with Gasteiger partial charge in [-0.25, -0.2) is 4.79 Å². The Bertz CT molecular complexity index is 997. The molecule has 1 unspecified atom stereocenters. The minimum absolute atomic E-state index is 0.0279. The minimum Gasteiger partial charge on any atom is -0.475 e. The molecule has 0 aliphatic rings. The van der Waals surface area contributed by atoms with Crippen LogP contribution in [0.15, 0.2) is 22.6 Å². The van der Waals surface area contributed by atoms with Crippen molar-refractivity contribution in [2.24, 2.45) is 7.05 Å². The molecular weight excluding hydrogens is 372 g/mol. The molecule has 9 nitrogen and oxygen atoms in total. The van der Waals surface area contributed by atoms with Crippen LogP contribution in [0.3, 0.4) is 0 Å². The number of carbonyl (C=O) groups excluding carboxylic acids is 2. The first-order chi connectivity index (χ1) is 12.8. The third-order valence-electron chi connectivity index (χ3n) is 3.97. The van der Waals surface area contributed by atoms with Crippen LogP contribution >= 0.6 is 11.3 Å². The summed E-state index contributed by atoms with van der Waals surface area (Å²) in [5.74, 6) is -1.82. The number of carboxylic acids is 1. The number of rotatable bonds is 6. The van der Waals surface area contributed by atoms with Crippen LogP contribution in [0.5, 0.6) is 0 Å². The Labute approximate surface area is 158 Å². The minimum atomic E-state index is -1.18. The van der Waals surface area contributed by atoms with Crippen molar-refractivity contribution in [2.75, 3.05) is 0 Å². The monoisotopic (exact) mass is 390 g/mol. The van der Waals surface area contributed by atoms with E-state index in [1.54, 1.807) is 17.7 Å². The molecule has 10 heteroatoms. The molecule has 27 heavy (non-hydrogen) atoms. The number of thiophene rings is 1. The van der Waals surface area contributed by atoms with E-state index in [-0.39, 0.29) is 18.2 Å². The van der Waals surface area contributed by atoms with E-state index in [2.05, 4.69) is 15.7 Å². The predicted molar refractivity (Wildman–Crippen MR) is 97.8 cm³/mol. The summed E-state index contributed by atoms with van der Waals surface area (Å²) in [6, 6.07) is 3.78. The van der Waals surface area contributed by atoms with E-state index >= 15 is 0 Å². The number of hydrogen-bond donors (Lipinski definition) is 3. The van der Waals surface area contributed by atoms with E-state index in [0.717, 1.165) is 15.9 Å². The molecular formula is C17H18N4O5S. The van der Waals surface area contributed by atoms with Crippen LogP contribution in [0.2, 0.25) is 0 Å². The average molecular weight is 390 g/mol. The zero-order chi connectivity index (χ0) is 19.7.